The predicted octanol–water partition coefficient (Wildman–Crippen LogP) is 5.48. The highest BCUT2D eigenvalue weighted by molar-refractivity contribution is 9.10. The number of aromatic nitrogens is 1. The molecule has 0 aliphatic heterocycles. The van der Waals surface area contributed by atoms with E-state index in [1.807, 2.05) is 36.4 Å². The summed E-state index contributed by atoms with van der Waals surface area (Å²) in [7, 11) is 1.74. The number of ether oxygens (including phenoxy) is 1. The van der Waals surface area contributed by atoms with E-state index in [-0.39, 0.29) is 6.61 Å². The Morgan fingerprint density at radius 2 is 1.78 bits per heavy atom. The van der Waals surface area contributed by atoms with Crippen LogP contribution in [0.2, 0.25) is 0 Å². The molecule has 1 heterocycles. The standard InChI is InChI=1S/C22H19BrN2O2/c1-4-27-22(26)20-19(18(13-24)21(23)25(20)3)16-11-9-15(10-12-16)17-8-6-5-7-14(17)2/h5-12H,4H2,1-3H3. The molecule has 0 spiro atoms. The van der Waals surface area contributed by atoms with E-state index in [0.29, 0.717) is 21.4 Å². The van der Waals surface area contributed by atoms with Crippen LogP contribution < -0.4 is 0 Å². The van der Waals surface area contributed by atoms with Crippen LogP contribution in [-0.4, -0.2) is 17.1 Å². The zero-order valence-electron chi connectivity index (χ0n) is 15.4. The first-order chi connectivity index (χ1) is 13.0. The minimum Gasteiger partial charge on any atom is -0.461 e. The van der Waals surface area contributed by atoms with Gasteiger partial charge in [0.2, 0.25) is 0 Å². The number of nitrogens with zero attached hydrogens (tertiary/aromatic N) is 2. The second kappa shape index (κ2) is 7.81. The molecule has 0 unspecified atom stereocenters. The van der Waals surface area contributed by atoms with Crippen molar-refractivity contribution in [1.29, 1.82) is 5.26 Å². The number of aryl methyl sites for hydroxylation is 1. The molecule has 0 saturated carbocycles. The van der Waals surface area contributed by atoms with Crippen molar-refractivity contribution in [3.8, 4) is 28.3 Å². The first-order valence-corrected chi connectivity index (χ1v) is 9.40. The largest absolute Gasteiger partial charge is 0.461 e. The normalized spacial score (nSPS) is 10.5. The van der Waals surface area contributed by atoms with Crippen LogP contribution in [0.25, 0.3) is 22.3 Å². The second-order valence-electron chi connectivity index (χ2n) is 6.17. The van der Waals surface area contributed by atoms with Crippen molar-refractivity contribution < 1.29 is 9.53 Å². The average Bonchev–Trinajstić information content (AvgIpc) is 2.93. The molecule has 27 heavy (non-hydrogen) atoms. The molecule has 0 saturated heterocycles. The fourth-order valence-electron chi connectivity index (χ4n) is 3.19. The molecule has 0 bridgehead atoms. The summed E-state index contributed by atoms with van der Waals surface area (Å²) in [5.74, 6) is -0.444. The van der Waals surface area contributed by atoms with Gasteiger partial charge < -0.3 is 9.30 Å². The van der Waals surface area contributed by atoms with Gasteiger partial charge in [0.1, 0.15) is 16.4 Å². The van der Waals surface area contributed by atoms with Crippen LogP contribution in [0, 0.1) is 18.3 Å². The van der Waals surface area contributed by atoms with Crippen LogP contribution in [-0.2, 0) is 11.8 Å². The van der Waals surface area contributed by atoms with Gasteiger partial charge in [0.15, 0.2) is 0 Å². The molecule has 3 rings (SSSR count). The Balaban J connectivity index is 2.14. The third kappa shape index (κ3) is 3.41. The highest BCUT2D eigenvalue weighted by atomic mass is 79.9. The predicted molar refractivity (Wildman–Crippen MR) is 109 cm³/mol. The number of hydrogen-bond acceptors (Lipinski definition) is 3. The zero-order valence-corrected chi connectivity index (χ0v) is 17.0. The summed E-state index contributed by atoms with van der Waals surface area (Å²) in [6, 6.07) is 18.3. The van der Waals surface area contributed by atoms with Crippen LogP contribution in [0.1, 0.15) is 28.5 Å². The fraction of sp³-hybridized carbons (Fsp3) is 0.182. The van der Waals surface area contributed by atoms with Gasteiger partial charge >= 0.3 is 5.97 Å². The van der Waals surface area contributed by atoms with Gasteiger partial charge in [-0.3, -0.25) is 0 Å². The van der Waals surface area contributed by atoms with Gasteiger partial charge in [0.05, 0.1) is 12.2 Å². The molecule has 1 aromatic heterocycles. The van der Waals surface area contributed by atoms with Crippen molar-refractivity contribution >= 4 is 21.9 Å². The number of hydrogen-bond donors (Lipinski definition) is 0. The maximum absolute atomic E-state index is 12.5. The van der Waals surface area contributed by atoms with Crippen LogP contribution in [0.15, 0.2) is 53.1 Å². The Morgan fingerprint density at radius 3 is 2.37 bits per heavy atom. The van der Waals surface area contributed by atoms with Crippen LogP contribution in [0.5, 0.6) is 0 Å². The lowest BCUT2D eigenvalue weighted by Crippen LogP contribution is -2.11. The van der Waals surface area contributed by atoms with Crippen LogP contribution in [0.4, 0.5) is 0 Å². The maximum atomic E-state index is 12.5. The topological polar surface area (TPSA) is 55.0 Å². The zero-order chi connectivity index (χ0) is 19.6. The number of rotatable bonds is 4. The van der Waals surface area contributed by atoms with Gasteiger partial charge in [-0.15, -0.1) is 0 Å². The van der Waals surface area contributed by atoms with Crippen LogP contribution >= 0.6 is 15.9 Å². The fourth-order valence-corrected chi connectivity index (χ4v) is 3.65. The van der Waals surface area contributed by atoms with Crippen molar-refractivity contribution in [2.24, 2.45) is 7.05 Å². The van der Waals surface area contributed by atoms with Gasteiger partial charge in [0.25, 0.3) is 0 Å². The van der Waals surface area contributed by atoms with Gasteiger partial charge in [-0.2, -0.15) is 5.26 Å². The van der Waals surface area contributed by atoms with E-state index in [9.17, 15) is 10.1 Å². The van der Waals surface area contributed by atoms with Crippen LogP contribution in [0.3, 0.4) is 0 Å². The summed E-state index contributed by atoms with van der Waals surface area (Å²) < 4.78 is 7.42. The smallest absolute Gasteiger partial charge is 0.355 e. The van der Waals surface area contributed by atoms with E-state index in [1.54, 1.807) is 18.5 Å². The van der Waals surface area contributed by atoms with Crippen molar-refractivity contribution in [2.45, 2.75) is 13.8 Å². The molecule has 0 N–H and O–H groups in total. The quantitative estimate of drug-likeness (QED) is 0.523. The van der Waals surface area contributed by atoms with E-state index < -0.39 is 5.97 Å². The Kier molecular flexibility index (Phi) is 5.48. The molecule has 2 aromatic carbocycles. The Hall–Kier alpha value is -2.84. The molecule has 0 atom stereocenters. The van der Waals surface area contributed by atoms with Crippen molar-refractivity contribution in [1.82, 2.24) is 4.57 Å². The molecule has 0 radical (unpaired) electrons. The Labute approximate surface area is 167 Å². The number of carbonyl (C=O) groups excluding carboxylic acids is 1. The summed E-state index contributed by atoms with van der Waals surface area (Å²) >= 11 is 3.42. The highest BCUT2D eigenvalue weighted by Gasteiger charge is 2.26. The first kappa shape index (κ1) is 18.9. The lowest BCUT2D eigenvalue weighted by atomic mass is 9.96. The number of halogens is 1. The molecular formula is C22H19BrN2O2. The van der Waals surface area contributed by atoms with Gasteiger partial charge in [-0.1, -0.05) is 48.5 Å². The summed E-state index contributed by atoms with van der Waals surface area (Å²) in [6.07, 6.45) is 0. The Morgan fingerprint density at radius 1 is 1.15 bits per heavy atom. The molecule has 0 aliphatic rings. The van der Waals surface area contributed by atoms with Gasteiger partial charge in [0, 0.05) is 12.6 Å². The first-order valence-electron chi connectivity index (χ1n) is 8.61. The van der Waals surface area contributed by atoms with Gasteiger partial charge in [-0.25, -0.2) is 4.79 Å². The number of carbonyl (C=O) groups is 1. The molecular weight excluding hydrogens is 404 g/mol. The van der Waals surface area contributed by atoms with E-state index in [4.69, 9.17) is 4.74 Å². The summed E-state index contributed by atoms with van der Waals surface area (Å²) in [5, 5.41) is 9.63. The third-order valence-corrected chi connectivity index (χ3v) is 5.46. The molecule has 0 fully saturated rings. The Bertz CT molecular complexity index is 1040. The molecule has 3 aromatic rings. The van der Waals surface area contributed by atoms with E-state index in [1.165, 1.54) is 5.56 Å². The average molecular weight is 423 g/mol. The lowest BCUT2D eigenvalue weighted by Gasteiger charge is -2.09. The summed E-state index contributed by atoms with van der Waals surface area (Å²) in [5.41, 5.74) is 5.60. The van der Waals surface area contributed by atoms with Crippen molar-refractivity contribution in [2.75, 3.05) is 6.61 Å². The molecule has 5 heteroatoms. The summed E-state index contributed by atoms with van der Waals surface area (Å²) in [4.78, 5) is 12.5. The minimum atomic E-state index is -0.444. The third-order valence-electron chi connectivity index (χ3n) is 4.53. The molecule has 0 amide bonds. The summed E-state index contributed by atoms with van der Waals surface area (Å²) in [6.45, 7) is 4.11. The van der Waals surface area contributed by atoms with Crippen molar-refractivity contribution in [3.63, 3.8) is 0 Å². The second-order valence-corrected chi connectivity index (χ2v) is 6.92. The number of nitriles is 1. The molecule has 136 valence electrons. The number of esters is 1. The molecule has 4 nitrogen and oxygen atoms in total. The maximum Gasteiger partial charge on any atom is 0.355 e. The minimum absolute atomic E-state index is 0.273. The van der Waals surface area contributed by atoms with E-state index >= 15 is 0 Å². The number of benzene rings is 2. The highest BCUT2D eigenvalue weighted by Crippen LogP contribution is 2.36. The van der Waals surface area contributed by atoms with E-state index in [0.717, 1.165) is 16.7 Å². The van der Waals surface area contributed by atoms with E-state index in [2.05, 4.69) is 41.1 Å². The molecule has 0 aliphatic carbocycles. The monoisotopic (exact) mass is 422 g/mol. The van der Waals surface area contributed by atoms with Crippen molar-refractivity contribution in [3.05, 3.63) is 70.0 Å². The lowest BCUT2D eigenvalue weighted by molar-refractivity contribution is 0.0516. The SMILES string of the molecule is CCOC(=O)c1c(-c2ccc(-c3ccccc3C)cc2)c(C#N)c(Br)n1C. The van der Waals surface area contributed by atoms with Gasteiger partial charge in [-0.05, 0) is 52.0 Å².